The van der Waals surface area contributed by atoms with E-state index in [0.717, 1.165) is 66.6 Å². The van der Waals surface area contributed by atoms with Crippen molar-refractivity contribution in [3.05, 3.63) is 79.0 Å². The van der Waals surface area contributed by atoms with Gasteiger partial charge in [0.25, 0.3) is 0 Å². The summed E-state index contributed by atoms with van der Waals surface area (Å²) in [5, 5.41) is 9.14. The van der Waals surface area contributed by atoms with Crippen molar-refractivity contribution in [3.63, 3.8) is 0 Å². The van der Waals surface area contributed by atoms with Crippen LogP contribution < -0.4 is 10.1 Å². The van der Waals surface area contributed by atoms with Gasteiger partial charge in [0.05, 0.1) is 30.6 Å². The van der Waals surface area contributed by atoms with E-state index in [1.165, 1.54) is 0 Å². The highest BCUT2D eigenvalue weighted by Gasteiger charge is 2.11. The van der Waals surface area contributed by atoms with Gasteiger partial charge >= 0.3 is 0 Å². The number of hydrogen-bond donors (Lipinski definition) is 1. The first-order chi connectivity index (χ1) is 15.3. The predicted octanol–water partition coefficient (Wildman–Crippen LogP) is 4.48. The monoisotopic (exact) mass is 414 g/mol. The molecular weight excluding hydrogens is 388 g/mol. The van der Waals surface area contributed by atoms with Gasteiger partial charge < -0.3 is 14.8 Å². The molecule has 1 aromatic heterocycles. The first-order valence-electron chi connectivity index (χ1n) is 10.7. The molecule has 158 valence electrons. The lowest BCUT2D eigenvalue weighted by atomic mass is 10.2. The number of nitrogens with zero attached hydrogens (tertiary/aromatic N) is 3. The number of para-hydroxylation sites is 1. The summed E-state index contributed by atoms with van der Waals surface area (Å²) in [7, 11) is 0. The molecule has 0 spiro atoms. The second-order valence-electron chi connectivity index (χ2n) is 7.62. The largest absolute Gasteiger partial charge is 0.492 e. The number of nitrogens with one attached hydrogen (secondary N) is 1. The average molecular weight is 415 g/mol. The Balaban J connectivity index is 1.29. The van der Waals surface area contributed by atoms with Crippen LogP contribution in [0, 0.1) is 0 Å². The van der Waals surface area contributed by atoms with Crippen molar-refractivity contribution >= 4 is 22.3 Å². The van der Waals surface area contributed by atoms with Crippen LogP contribution in [-0.4, -0.2) is 54.1 Å². The molecule has 5 rings (SSSR count). The van der Waals surface area contributed by atoms with Gasteiger partial charge in [0, 0.05) is 42.5 Å². The van der Waals surface area contributed by atoms with E-state index in [-0.39, 0.29) is 0 Å². The van der Waals surface area contributed by atoms with E-state index in [9.17, 15) is 0 Å². The summed E-state index contributed by atoms with van der Waals surface area (Å²) in [6, 6.07) is 24.6. The van der Waals surface area contributed by atoms with E-state index in [1.807, 2.05) is 47.3 Å². The summed E-state index contributed by atoms with van der Waals surface area (Å²) in [4.78, 5) is 2.37. The van der Waals surface area contributed by atoms with Gasteiger partial charge in [-0.3, -0.25) is 4.90 Å². The molecule has 2 heterocycles. The fourth-order valence-electron chi connectivity index (χ4n) is 3.83. The van der Waals surface area contributed by atoms with Crippen LogP contribution in [0.15, 0.2) is 79.0 Å². The Bertz CT molecular complexity index is 1140. The molecule has 1 aliphatic heterocycles. The molecule has 6 heteroatoms. The third-order valence-corrected chi connectivity index (χ3v) is 5.47. The van der Waals surface area contributed by atoms with Crippen molar-refractivity contribution in [1.82, 2.24) is 14.7 Å². The quantitative estimate of drug-likeness (QED) is 0.483. The van der Waals surface area contributed by atoms with E-state index in [0.29, 0.717) is 6.61 Å². The molecule has 4 aromatic rings. The maximum atomic E-state index is 6.01. The molecule has 3 aromatic carbocycles. The van der Waals surface area contributed by atoms with Crippen molar-refractivity contribution in [2.24, 2.45) is 0 Å². The zero-order valence-electron chi connectivity index (χ0n) is 17.4. The Morgan fingerprint density at radius 3 is 2.65 bits per heavy atom. The van der Waals surface area contributed by atoms with Gasteiger partial charge in [0.2, 0.25) is 0 Å². The normalized spacial score (nSPS) is 14.6. The maximum Gasteiger partial charge on any atom is 0.121 e. The molecule has 0 bridgehead atoms. The fourth-order valence-corrected chi connectivity index (χ4v) is 3.83. The van der Waals surface area contributed by atoms with Crippen molar-refractivity contribution < 1.29 is 9.47 Å². The highest BCUT2D eigenvalue weighted by Crippen LogP contribution is 2.25. The standard InChI is InChI=1S/C25H26N4O2/c1-2-5-21(6-3-1)27-22-9-10-25-20(17-22)19-26-29(25)23-7-4-8-24(18-23)31-16-13-28-11-14-30-15-12-28/h1-10,17-19,27H,11-16H2. The summed E-state index contributed by atoms with van der Waals surface area (Å²) in [5.41, 5.74) is 4.15. The Labute approximate surface area is 182 Å². The molecule has 31 heavy (non-hydrogen) atoms. The number of anilines is 2. The molecule has 0 aliphatic carbocycles. The average Bonchev–Trinajstić information content (AvgIpc) is 3.24. The lowest BCUT2D eigenvalue weighted by Gasteiger charge is -2.26. The fraction of sp³-hybridized carbons (Fsp3) is 0.240. The van der Waals surface area contributed by atoms with Crippen LogP contribution in [0.4, 0.5) is 11.4 Å². The topological polar surface area (TPSA) is 51.5 Å². The van der Waals surface area contributed by atoms with Gasteiger partial charge in [-0.1, -0.05) is 24.3 Å². The highest BCUT2D eigenvalue weighted by molar-refractivity contribution is 5.84. The van der Waals surface area contributed by atoms with Crippen molar-refractivity contribution in [2.75, 3.05) is 44.8 Å². The van der Waals surface area contributed by atoms with Crippen molar-refractivity contribution in [1.29, 1.82) is 0 Å². The molecule has 1 N–H and O–H groups in total. The van der Waals surface area contributed by atoms with Gasteiger partial charge in [0.1, 0.15) is 12.4 Å². The van der Waals surface area contributed by atoms with Gasteiger partial charge in [-0.15, -0.1) is 0 Å². The molecule has 0 radical (unpaired) electrons. The summed E-state index contributed by atoms with van der Waals surface area (Å²) in [6.45, 7) is 5.15. The minimum absolute atomic E-state index is 0.665. The summed E-state index contributed by atoms with van der Waals surface area (Å²) < 4.78 is 13.4. The SMILES string of the molecule is c1ccc(Nc2ccc3c(cnn3-c3cccc(OCCN4CCOCC4)c3)c2)cc1. The zero-order chi connectivity index (χ0) is 20.9. The molecule has 1 fully saturated rings. The minimum atomic E-state index is 0.665. The molecule has 6 nitrogen and oxygen atoms in total. The second kappa shape index (κ2) is 9.20. The van der Waals surface area contributed by atoms with Crippen molar-refractivity contribution in [3.8, 4) is 11.4 Å². The molecule has 1 aliphatic rings. The Hall–Kier alpha value is -3.35. The van der Waals surface area contributed by atoms with E-state index < -0.39 is 0 Å². The molecule has 0 atom stereocenters. The van der Waals surface area contributed by atoms with Gasteiger partial charge in [-0.2, -0.15) is 5.10 Å². The first kappa shape index (κ1) is 19.6. The smallest absolute Gasteiger partial charge is 0.121 e. The van der Waals surface area contributed by atoms with E-state index in [4.69, 9.17) is 9.47 Å². The number of fused-ring (bicyclic) bond motifs is 1. The Kier molecular flexibility index (Phi) is 5.82. The number of rotatable bonds is 7. The third kappa shape index (κ3) is 4.71. The molecule has 1 saturated heterocycles. The number of hydrogen-bond acceptors (Lipinski definition) is 5. The molecular formula is C25H26N4O2. The number of ether oxygens (including phenoxy) is 2. The van der Waals surface area contributed by atoms with Gasteiger partial charge in [0.15, 0.2) is 0 Å². The molecule has 0 saturated carbocycles. The van der Waals surface area contributed by atoms with E-state index >= 15 is 0 Å². The van der Waals surface area contributed by atoms with E-state index in [1.54, 1.807) is 0 Å². The van der Waals surface area contributed by atoms with Gasteiger partial charge in [-0.25, -0.2) is 4.68 Å². The van der Waals surface area contributed by atoms with Crippen LogP contribution in [-0.2, 0) is 4.74 Å². The second-order valence-corrected chi connectivity index (χ2v) is 7.62. The van der Waals surface area contributed by atoms with Crippen LogP contribution in [0.1, 0.15) is 0 Å². The van der Waals surface area contributed by atoms with E-state index in [2.05, 4.69) is 51.7 Å². The zero-order valence-corrected chi connectivity index (χ0v) is 17.4. The predicted molar refractivity (Wildman–Crippen MR) is 124 cm³/mol. The van der Waals surface area contributed by atoms with Crippen molar-refractivity contribution in [2.45, 2.75) is 0 Å². The third-order valence-electron chi connectivity index (χ3n) is 5.47. The van der Waals surface area contributed by atoms with Crippen LogP contribution in [0.25, 0.3) is 16.6 Å². The van der Waals surface area contributed by atoms with Crippen LogP contribution in [0.5, 0.6) is 5.75 Å². The van der Waals surface area contributed by atoms with Crippen LogP contribution in [0.3, 0.4) is 0 Å². The first-order valence-corrected chi connectivity index (χ1v) is 10.7. The lowest BCUT2D eigenvalue weighted by molar-refractivity contribution is 0.0322. The Morgan fingerprint density at radius 2 is 1.77 bits per heavy atom. The maximum absolute atomic E-state index is 6.01. The number of morpholine rings is 1. The number of aromatic nitrogens is 2. The highest BCUT2D eigenvalue weighted by atomic mass is 16.5. The minimum Gasteiger partial charge on any atom is -0.492 e. The van der Waals surface area contributed by atoms with Crippen LogP contribution in [0.2, 0.25) is 0 Å². The van der Waals surface area contributed by atoms with Gasteiger partial charge in [-0.05, 0) is 42.5 Å². The summed E-state index contributed by atoms with van der Waals surface area (Å²) >= 11 is 0. The number of benzene rings is 3. The lowest BCUT2D eigenvalue weighted by Crippen LogP contribution is -2.38. The van der Waals surface area contributed by atoms with Crippen LogP contribution >= 0.6 is 0 Å². The molecule has 0 amide bonds. The Morgan fingerprint density at radius 1 is 0.903 bits per heavy atom. The molecule has 0 unspecified atom stereocenters. The summed E-state index contributed by atoms with van der Waals surface area (Å²) in [5.74, 6) is 0.858. The summed E-state index contributed by atoms with van der Waals surface area (Å²) in [6.07, 6.45) is 1.90.